The molecule has 1 heterocycles. The molecule has 0 radical (unpaired) electrons. The molecule has 21 heavy (non-hydrogen) atoms. The fraction of sp³-hybridized carbons (Fsp3) is 0.667. The summed E-state index contributed by atoms with van der Waals surface area (Å²) in [6, 6.07) is 1.90. The van der Waals surface area contributed by atoms with Crippen molar-refractivity contribution in [2.75, 3.05) is 18.4 Å². The Morgan fingerprint density at radius 1 is 1.43 bits per heavy atom. The fourth-order valence-corrected chi connectivity index (χ4v) is 4.25. The van der Waals surface area contributed by atoms with Gasteiger partial charge in [0.15, 0.2) is 0 Å². The van der Waals surface area contributed by atoms with E-state index in [9.17, 15) is 8.42 Å². The molecule has 0 atom stereocenters. The molecule has 0 saturated heterocycles. The van der Waals surface area contributed by atoms with Gasteiger partial charge in [0.25, 0.3) is 0 Å². The Labute approximate surface area is 127 Å². The molecular weight excluding hydrogens is 286 g/mol. The molecule has 1 aromatic heterocycles. The van der Waals surface area contributed by atoms with Crippen LogP contribution in [0.5, 0.6) is 0 Å². The van der Waals surface area contributed by atoms with Crippen LogP contribution in [-0.2, 0) is 10.0 Å². The largest absolute Gasteiger partial charge is 0.384 e. The number of aromatic nitrogens is 1. The third kappa shape index (κ3) is 3.95. The van der Waals surface area contributed by atoms with Gasteiger partial charge in [-0.25, -0.2) is 8.42 Å². The Morgan fingerprint density at radius 2 is 2.14 bits per heavy atom. The highest BCUT2D eigenvalue weighted by molar-refractivity contribution is 7.89. The summed E-state index contributed by atoms with van der Waals surface area (Å²) in [7, 11) is -3.49. The molecule has 2 rings (SSSR count). The van der Waals surface area contributed by atoms with E-state index in [1.807, 2.05) is 13.8 Å². The van der Waals surface area contributed by atoms with Crippen LogP contribution in [0.4, 0.5) is 5.69 Å². The van der Waals surface area contributed by atoms with E-state index in [-0.39, 0.29) is 6.04 Å². The molecule has 118 valence electrons. The maximum Gasteiger partial charge on any atom is 0.246 e. The van der Waals surface area contributed by atoms with Gasteiger partial charge in [-0.3, -0.25) is 4.98 Å². The molecular formula is C15H25N3O2S. The lowest BCUT2D eigenvalue weighted by atomic mass is 10.2. The predicted molar refractivity (Wildman–Crippen MR) is 84.8 cm³/mol. The van der Waals surface area contributed by atoms with E-state index in [0.29, 0.717) is 23.0 Å². The maximum atomic E-state index is 13.0. The van der Waals surface area contributed by atoms with Crippen LogP contribution in [0, 0.1) is 5.92 Å². The summed E-state index contributed by atoms with van der Waals surface area (Å²) in [5.41, 5.74) is 0.654. The first-order valence-electron chi connectivity index (χ1n) is 7.66. The van der Waals surface area contributed by atoms with E-state index >= 15 is 0 Å². The molecule has 0 aromatic carbocycles. The number of anilines is 1. The van der Waals surface area contributed by atoms with Crippen molar-refractivity contribution in [1.82, 2.24) is 9.29 Å². The number of sulfonamides is 1. The number of hydrogen-bond acceptors (Lipinski definition) is 4. The second-order valence-electron chi connectivity index (χ2n) is 6.00. The first-order valence-corrected chi connectivity index (χ1v) is 9.10. The highest BCUT2D eigenvalue weighted by atomic mass is 32.2. The van der Waals surface area contributed by atoms with Gasteiger partial charge in [0.1, 0.15) is 4.90 Å². The SMILES string of the molecule is CCCNc1ccncc1S(=O)(=O)N(CC(C)C)C1CC1. The summed E-state index contributed by atoms with van der Waals surface area (Å²) < 4.78 is 27.6. The Morgan fingerprint density at radius 3 is 2.71 bits per heavy atom. The van der Waals surface area contributed by atoms with Gasteiger partial charge in [-0.05, 0) is 31.2 Å². The number of nitrogens with one attached hydrogen (secondary N) is 1. The standard InChI is InChI=1S/C15H25N3O2S/c1-4-8-17-14-7-9-16-10-15(14)21(19,20)18(11-12(2)3)13-5-6-13/h7,9-10,12-13H,4-6,8,11H2,1-3H3,(H,16,17). The zero-order valence-electron chi connectivity index (χ0n) is 13.0. The minimum absolute atomic E-state index is 0.164. The Hall–Kier alpha value is -1.14. The molecule has 1 aliphatic carbocycles. The molecule has 0 aliphatic heterocycles. The van der Waals surface area contributed by atoms with Crippen LogP contribution in [0.2, 0.25) is 0 Å². The monoisotopic (exact) mass is 311 g/mol. The lowest BCUT2D eigenvalue weighted by Crippen LogP contribution is -2.36. The number of rotatable bonds is 8. The number of nitrogens with zero attached hydrogens (tertiary/aromatic N) is 2. The van der Waals surface area contributed by atoms with Crippen LogP contribution in [0.3, 0.4) is 0 Å². The lowest BCUT2D eigenvalue weighted by molar-refractivity contribution is 0.360. The maximum absolute atomic E-state index is 13.0. The Bertz CT molecular complexity index is 568. The Kier molecular flexibility index (Phi) is 5.22. The highest BCUT2D eigenvalue weighted by Crippen LogP contribution is 2.34. The van der Waals surface area contributed by atoms with Crippen LogP contribution in [0.25, 0.3) is 0 Å². The van der Waals surface area contributed by atoms with E-state index in [2.05, 4.69) is 17.2 Å². The highest BCUT2D eigenvalue weighted by Gasteiger charge is 2.39. The summed E-state index contributed by atoms with van der Waals surface area (Å²) in [4.78, 5) is 4.31. The van der Waals surface area contributed by atoms with Gasteiger partial charge in [0.2, 0.25) is 10.0 Å². The summed E-state index contributed by atoms with van der Waals surface area (Å²) in [5.74, 6) is 0.309. The van der Waals surface area contributed by atoms with Gasteiger partial charge >= 0.3 is 0 Å². The minimum atomic E-state index is -3.49. The van der Waals surface area contributed by atoms with E-state index in [1.54, 1.807) is 16.6 Å². The second-order valence-corrected chi connectivity index (χ2v) is 7.86. The molecule has 1 aromatic rings. The normalized spacial score (nSPS) is 15.7. The first-order chi connectivity index (χ1) is 9.96. The van der Waals surface area contributed by atoms with Crippen LogP contribution < -0.4 is 5.32 Å². The smallest absolute Gasteiger partial charge is 0.246 e. The van der Waals surface area contributed by atoms with Crippen molar-refractivity contribution in [2.24, 2.45) is 5.92 Å². The van der Waals surface area contributed by atoms with Gasteiger partial charge in [0, 0.05) is 31.5 Å². The Balaban J connectivity index is 2.33. The summed E-state index contributed by atoms with van der Waals surface area (Å²) >= 11 is 0. The van der Waals surface area contributed by atoms with Crippen molar-refractivity contribution < 1.29 is 8.42 Å². The molecule has 5 nitrogen and oxygen atoms in total. The van der Waals surface area contributed by atoms with E-state index < -0.39 is 10.0 Å². The quantitative estimate of drug-likeness (QED) is 0.802. The van der Waals surface area contributed by atoms with Crippen molar-refractivity contribution >= 4 is 15.7 Å². The summed E-state index contributed by atoms with van der Waals surface area (Å²) in [5, 5.41) is 3.19. The topological polar surface area (TPSA) is 62.3 Å². The molecule has 0 unspecified atom stereocenters. The molecule has 1 aliphatic rings. The van der Waals surface area contributed by atoms with Gasteiger partial charge < -0.3 is 5.32 Å². The average molecular weight is 311 g/mol. The van der Waals surface area contributed by atoms with Gasteiger partial charge in [-0.1, -0.05) is 20.8 Å². The first kappa shape index (κ1) is 16.2. The van der Waals surface area contributed by atoms with Crippen LogP contribution in [0.15, 0.2) is 23.4 Å². The van der Waals surface area contributed by atoms with Crippen LogP contribution in [0.1, 0.15) is 40.0 Å². The predicted octanol–water partition coefficient (Wildman–Crippen LogP) is 2.71. The fourth-order valence-electron chi connectivity index (χ4n) is 2.28. The lowest BCUT2D eigenvalue weighted by Gasteiger charge is -2.24. The number of pyridine rings is 1. The van der Waals surface area contributed by atoms with Crippen molar-refractivity contribution in [3.63, 3.8) is 0 Å². The van der Waals surface area contributed by atoms with E-state index in [0.717, 1.165) is 25.8 Å². The minimum Gasteiger partial charge on any atom is -0.384 e. The molecule has 6 heteroatoms. The van der Waals surface area contributed by atoms with E-state index in [1.165, 1.54) is 6.20 Å². The van der Waals surface area contributed by atoms with E-state index in [4.69, 9.17) is 0 Å². The van der Waals surface area contributed by atoms with Crippen molar-refractivity contribution in [2.45, 2.75) is 51.0 Å². The molecule has 1 N–H and O–H groups in total. The third-order valence-electron chi connectivity index (χ3n) is 3.44. The summed E-state index contributed by atoms with van der Waals surface area (Å²) in [6.07, 6.45) is 5.96. The molecule has 1 saturated carbocycles. The van der Waals surface area contributed by atoms with Gasteiger partial charge in [-0.2, -0.15) is 4.31 Å². The van der Waals surface area contributed by atoms with Gasteiger partial charge in [0.05, 0.1) is 5.69 Å². The third-order valence-corrected chi connectivity index (χ3v) is 5.38. The molecule has 0 bridgehead atoms. The van der Waals surface area contributed by atoms with Crippen molar-refractivity contribution in [3.05, 3.63) is 18.5 Å². The molecule has 1 fully saturated rings. The molecule has 0 spiro atoms. The van der Waals surface area contributed by atoms with Gasteiger partial charge in [-0.15, -0.1) is 0 Å². The average Bonchev–Trinajstić information content (AvgIpc) is 3.27. The zero-order valence-corrected chi connectivity index (χ0v) is 13.9. The zero-order chi connectivity index (χ0) is 15.5. The van der Waals surface area contributed by atoms with Crippen LogP contribution >= 0.6 is 0 Å². The number of hydrogen-bond donors (Lipinski definition) is 1. The second kappa shape index (κ2) is 6.75. The summed E-state index contributed by atoms with van der Waals surface area (Å²) in [6.45, 7) is 7.46. The van der Waals surface area contributed by atoms with Crippen molar-refractivity contribution in [1.29, 1.82) is 0 Å². The molecule has 0 amide bonds. The van der Waals surface area contributed by atoms with Crippen LogP contribution in [-0.4, -0.2) is 36.8 Å². The van der Waals surface area contributed by atoms with Crippen molar-refractivity contribution in [3.8, 4) is 0 Å².